The molecule has 0 atom stereocenters. The first-order valence-electron chi connectivity index (χ1n) is 7.41. The highest BCUT2D eigenvalue weighted by atomic mass is 32.1. The number of benzene rings is 1. The number of carboxylic acids is 1. The number of aromatic nitrogens is 2. The molecular formula is C16H12FN3O5S2. The molecular weight excluding hydrogens is 397 g/mol. The Morgan fingerprint density at radius 1 is 1.26 bits per heavy atom. The standard InChI is InChI=1S/C16H12FN3O5S2/c1-6-13(27-12(19-6)4-18-16(24)25)10-5-26-14(20-10)7-3-11(21)8(15(22)23)2-9(7)17/h2-3,5,18,21H,4H2,1H3,(H,22,23)(H,24,25). The van der Waals surface area contributed by atoms with Crippen LogP contribution in [0.1, 0.15) is 21.1 Å². The Morgan fingerprint density at radius 2 is 2.00 bits per heavy atom. The summed E-state index contributed by atoms with van der Waals surface area (Å²) in [5.41, 5.74) is 0.655. The summed E-state index contributed by atoms with van der Waals surface area (Å²) in [5, 5.41) is 32.1. The van der Waals surface area contributed by atoms with Crippen LogP contribution in [0, 0.1) is 12.7 Å². The van der Waals surface area contributed by atoms with Crippen molar-refractivity contribution in [1.82, 2.24) is 15.3 Å². The lowest BCUT2D eigenvalue weighted by atomic mass is 10.1. The predicted molar refractivity (Wildman–Crippen MR) is 96.8 cm³/mol. The number of phenols is 1. The van der Waals surface area contributed by atoms with E-state index >= 15 is 0 Å². The van der Waals surface area contributed by atoms with Crippen LogP contribution in [0.5, 0.6) is 5.75 Å². The molecule has 0 radical (unpaired) electrons. The van der Waals surface area contributed by atoms with Gasteiger partial charge in [-0.2, -0.15) is 0 Å². The lowest BCUT2D eigenvalue weighted by Gasteiger charge is -2.04. The van der Waals surface area contributed by atoms with E-state index in [2.05, 4.69) is 15.3 Å². The number of aromatic hydroxyl groups is 1. The molecule has 3 rings (SSSR count). The fourth-order valence-corrected chi connectivity index (χ4v) is 4.18. The maximum Gasteiger partial charge on any atom is 0.405 e. The molecule has 0 aliphatic heterocycles. The van der Waals surface area contributed by atoms with E-state index in [4.69, 9.17) is 10.2 Å². The number of aryl methyl sites for hydroxylation is 1. The van der Waals surface area contributed by atoms with E-state index < -0.39 is 29.2 Å². The molecule has 2 heterocycles. The molecule has 2 aromatic heterocycles. The van der Waals surface area contributed by atoms with E-state index in [1.165, 1.54) is 11.3 Å². The van der Waals surface area contributed by atoms with Crippen molar-refractivity contribution in [2.75, 3.05) is 0 Å². The van der Waals surface area contributed by atoms with Crippen LogP contribution >= 0.6 is 22.7 Å². The van der Waals surface area contributed by atoms with Crippen LogP contribution in [-0.4, -0.2) is 37.4 Å². The zero-order valence-corrected chi connectivity index (χ0v) is 15.3. The zero-order chi connectivity index (χ0) is 19.7. The summed E-state index contributed by atoms with van der Waals surface area (Å²) in [5.74, 6) is -2.79. The first kappa shape index (κ1) is 18.7. The number of hydrogen-bond donors (Lipinski definition) is 4. The van der Waals surface area contributed by atoms with Gasteiger partial charge in [0, 0.05) is 10.9 Å². The molecule has 0 fully saturated rings. The van der Waals surface area contributed by atoms with Crippen molar-refractivity contribution in [2.24, 2.45) is 0 Å². The molecule has 27 heavy (non-hydrogen) atoms. The lowest BCUT2D eigenvalue weighted by molar-refractivity contribution is 0.0693. The number of hydrogen-bond acceptors (Lipinski definition) is 7. The van der Waals surface area contributed by atoms with Crippen LogP contribution in [-0.2, 0) is 6.54 Å². The van der Waals surface area contributed by atoms with Crippen LogP contribution < -0.4 is 5.32 Å². The number of amides is 1. The first-order valence-corrected chi connectivity index (χ1v) is 9.11. The molecule has 0 bridgehead atoms. The molecule has 0 saturated heterocycles. The predicted octanol–water partition coefficient (Wildman–Crippen LogP) is 3.55. The summed E-state index contributed by atoms with van der Waals surface area (Å²) in [6, 6.07) is 1.78. The smallest absolute Gasteiger partial charge is 0.405 e. The minimum absolute atomic E-state index is 0.0105. The Bertz CT molecular complexity index is 1050. The second kappa shape index (κ2) is 7.29. The Labute approximate surface area is 159 Å². The first-order chi connectivity index (χ1) is 12.8. The third-order valence-electron chi connectivity index (χ3n) is 3.51. The Kier molecular flexibility index (Phi) is 5.06. The third kappa shape index (κ3) is 3.88. The average Bonchev–Trinajstić information content (AvgIpc) is 3.21. The number of halogens is 1. The highest BCUT2D eigenvalue weighted by Gasteiger charge is 2.19. The quantitative estimate of drug-likeness (QED) is 0.506. The van der Waals surface area contributed by atoms with Gasteiger partial charge in [0.1, 0.15) is 27.1 Å². The lowest BCUT2D eigenvalue weighted by Crippen LogP contribution is -2.19. The number of thiazole rings is 2. The summed E-state index contributed by atoms with van der Waals surface area (Å²) < 4.78 is 14.3. The molecule has 1 amide bonds. The van der Waals surface area contributed by atoms with Crippen LogP contribution in [0.2, 0.25) is 0 Å². The SMILES string of the molecule is Cc1nc(CNC(=O)O)sc1-c1csc(-c2cc(O)c(C(=O)O)cc2F)n1. The van der Waals surface area contributed by atoms with E-state index in [9.17, 15) is 19.1 Å². The van der Waals surface area contributed by atoms with Gasteiger partial charge in [0.25, 0.3) is 0 Å². The van der Waals surface area contributed by atoms with Gasteiger partial charge in [-0.25, -0.2) is 23.9 Å². The maximum absolute atomic E-state index is 14.3. The van der Waals surface area contributed by atoms with Crippen molar-refractivity contribution in [3.63, 3.8) is 0 Å². The summed E-state index contributed by atoms with van der Waals surface area (Å²) in [4.78, 5) is 30.9. The summed E-state index contributed by atoms with van der Waals surface area (Å²) in [6.07, 6.45) is -1.15. The normalized spacial score (nSPS) is 10.7. The average molecular weight is 409 g/mol. The molecule has 1 aromatic carbocycles. The minimum Gasteiger partial charge on any atom is -0.507 e. The van der Waals surface area contributed by atoms with Gasteiger partial charge in [-0.3, -0.25) is 0 Å². The van der Waals surface area contributed by atoms with Crippen molar-refractivity contribution >= 4 is 34.7 Å². The third-order valence-corrected chi connectivity index (χ3v) is 5.57. The summed E-state index contributed by atoms with van der Waals surface area (Å²) in [7, 11) is 0. The van der Waals surface area contributed by atoms with Crippen LogP contribution in [0.15, 0.2) is 17.5 Å². The molecule has 4 N–H and O–H groups in total. The summed E-state index contributed by atoms with van der Waals surface area (Å²) >= 11 is 2.39. The van der Waals surface area contributed by atoms with E-state index in [-0.39, 0.29) is 17.1 Å². The fraction of sp³-hybridized carbons (Fsp3) is 0.125. The van der Waals surface area contributed by atoms with Crippen molar-refractivity contribution in [3.05, 3.63) is 39.6 Å². The topological polar surface area (TPSA) is 133 Å². The fourth-order valence-electron chi connectivity index (χ4n) is 2.32. The molecule has 0 unspecified atom stereocenters. The van der Waals surface area contributed by atoms with Gasteiger partial charge >= 0.3 is 12.1 Å². The highest BCUT2D eigenvalue weighted by Crippen LogP contribution is 2.36. The summed E-state index contributed by atoms with van der Waals surface area (Å²) in [6.45, 7) is 1.82. The van der Waals surface area contributed by atoms with E-state index in [0.717, 1.165) is 23.5 Å². The van der Waals surface area contributed by atoms with Crippen LogP contribution in [0.4, 0.5) is 9.18 Å². The molecule has 8 nitrogen and oxygen atoms in total. The van der Waals surface area contributed by atoms with Crippen molar-refractivity contribution in [3.8, 4) is 26.9 Å². The monoisotopic (exact) mass is 409 g/mol. The molecule has 0 saturated carbocycles. The zero-order valence-electron chi connectivity index (χ0n) is 13.7. The Balaban J connectivity index is 1.93. The Morgan fingerprint density at radius 3 is 2.67 bits per heavy atom. The van der Waals surface area contributed by atoms with E-state index in [1.807, 2.05) is 0 Å². The molecule has 11 heteroatoms. The van der Waals surface area contributed by atoms with Gasteiger partial charge in [-0.1, -0.05) is 0 Å². The van der Waals surface area contributed by atoms with Crippen molar-refractivity contribution in [2.45, 2.75) is 13.5 Å². The van der Waals surface area contributed by atoms with E-state index in [0.29, 0.717) is 21.3 Å². The van der Waals surface area contributed by atoms with Crippen LogP contribution in [0.3, 0.4) is 0 Å². The van der Waals surface area contributed by atoms with Gasteiger partial charge < -0.3 is 20.6 Å². The number of rotatable bonds is 5. The molecule has 3 aromatic rings. The maximum atomic E-state index is 14.3. The number of aromatic carboxylic acids is 1. The molecule has 0 spiro atoms. The van der Waals surface area contributed by atoms with Gasteiger partial charge in [0.15, 0.2) is 0 Å². The molecule has 140 valence electrons. The van der Waals surface area contributed by atoms with Gasteiger partial charge in [-0.05, 0) is 19.1 Å². The largest absolute Gasteiger partial charge is 0.507 e. The minimum atomic E-state index is -1.43. The van der Waals surface area contributed by atoms with Gasteiger partial charge in [-0.15, -0.1) is 22.7 Å². The van der Waals surface area contributed by atoms with Crippen molar-refractivity contribution in [1.29, 1.82) is 0 Å². The molecule has 0 aliphatic rings. The number of nitrogens with one attached hydrogen (secondary N) is 1. The van der Waals surface area contributed by atoms with Crippen molar-refractivity contribution < 1.29 is 29.3 Å². The van der Waals surface area contributed by atoms with Gasteiger partial charge in [0.2, 0.25) is 0 Å². The number of carbonyl (C=O) groups is 2. The molecule has 0 aliphatic carbocycles. The number of nitrogens with zero attached hydrogens (tertiary/aromatic N) is 2. The van der Waals surface area contributed by atoms with Crippen LogP contribution in [0.25, 0.3) is 21.1 Å². The second-order valence-electron chi connectivity index (χ2n) is 5.37. The second-order valence-corrected chi connectivity index (χ2v) is 7.31. The highest BCUT2D eigenvalue weighted by molar-refractivity contribution is 7.16. The van der Waals surface area contributed by atoms with Gasteiger partial charge in [0.05, 0.1) is 22.8 Å². The van der Waals surface area contributed by atoms with E-state index in [1.54, 1.807) is 12.3 Å². The Hall–Kier alpha value is -3.05. The number of carboxylic acid groups (broad SMARTS) is 2.